The number of hydrogen-bond acceptors (Lipinski definition) is 6. The second-order valence-electron chi connectivity index (χ2n) is 6.81. The van der Waals surface area contributed by atoms with Crippen LogP contribution in [0.25, 0.3) is 33.1 Å². The van der Waals surface area contributed by atoms with E-state index in [9.17, 15) is 4.79 Å². The van der Waals surface area contributed by atoms with Gasteiger partial charge in [-0.1, -0.05) is 41.6 Å². The number of rotatable bonds is 3. The molecule has 3 heterocycles. The quantitative estimate of drug-likeness (QED) is 0.440. The van der Waals surface area contributed by atoms with Gasteiger partial charge in [0.05, 0.1) is 22.3 Å². The van der Waals surface area contributed by atoms with Crippen LogP contribution in [0.3, 0.4) is 0 Å². The van der Waals surface area contributed by atoms with Gasteiger partial charge in [0, 0.05) is 16.6 Å². The van der Waals surface area contributed by atoms with Gasteiger partial charge < -0.3 is 4.52 Å². The number of thiazole rings is 1. The smallest absolute Gasteiger partial charge is 0.258 e. The molecule has 0 atom stereocenters. The third-order valence-corrected chi connectivity index (χ3v) is 5.52. The molecule has 2 aromatic carbocycles. The van der Waals surface area contributed by atoms with E-state index >= 15 is 0 Å². The van der Waals surface area contributed by atoms with Crippen LogP contribution in [0, 0.1) is 13.8 Å². The molecule has 7 heteroatoms. The molecule has 0 aliphatic heterocycles. The van der Waals surface area contributed by atoms with Gasteiger partial charge in [0.1, 0.15) is 0 Å². The summed E-state index contributed by atoms with van der Waals surface area (Å²) in [6, 6.07) is 16.2. The fourth-order valence-electron chi connectivity index (χ4n) is 3.37. The van der Waals surface area contributed by atoms with Crippen molar-refractivity contribution in [2.75, 3.05) is 5.32 Å². The van der Waals surface area contributed by atoms with E-state index in [0.29, 0.717) is 33.2 Å². The Kier molecular flexibility index (Phi) is 4.10. The molecule has 5 rings (SSSR count). The predicted octanol–water partition coefficient (Wildman–Crippen LogP) is 5.37. The summed E-state index contributed by atoms with van der Waals surface area (Å²) in [6.07, 6.45) is 0. The van der Waals surface area contributed by atoms with E-state index in [1.54, 1.807) is 13.0 Å². The number of nitrogens with zero attached hydrogens (tertiary/aromatic N) is 3. The number of anilines is 1. The van der Waals surface area contributed by atoms with Crippen molar-refractivity contribution in [2.45, 2.75) is 13.8 Å². The van der Waals surface area contributed by atoms with Crippen molar-refractivity contribution in [2.24, 2.45) is 0 Å². The number of benzene rings is 2. The Morgan fingerprint density at radius 3 is 2.72 bits per heavy atom. The minimum atomic E-state index is -0.258. The molecule has 3 aromatic heterocycles. The highest BCUT2D eigenvalue weighted by atomic mass is 32.1. The third-order valence-electron chi connectivity index (χ3n) is 4.76. The van der Waals surface area contributed by atoms with Gasteiger partial charge >= 0.3 is 0 Å². The maximum atomic E-state index is 12.9. The van der Waals surface area contributed by atoms with Gasteiger partial charge in [0.2, 0.25) is 0 Å². The Morgan fingerprint density at radius 2 is 1.86 bits per heavy atom. The summed E-state index contributed by atoms with van der Waals surface area (Å²) in [7, 11) is 0. The lowest BCUT2D eigenvalue weighted by molar-refractivity contribution is 0.102. The molecular weight excluding hydrogens is 384 g/mol. The van der Waals surface area contributed by atoms with Crippen LogP contribution in [0.15, 0.2) is 58.4 Å². The van der Waals surface area contributed by atoms with E-state index in [1.807, 2.05) is 30.5 Å². The van der Waals surface area contributed by atoms with Gasteiger partial charge in [-0.2, -0.15) is 0 Å². The number of carbonyl (C=O) groups is 1. The average Bonchev–Trinajstić information content (AvgIpc) is 3.34. The summed E-state index contributed by atoms with van der Waals surface area (Å²) in [4.78, 5) is 21.8. The molecular formula is C22H16N4O2S. The molecule has 0 saturated heterocycles. The molecule has 0 saturated carbocycles. The number of carbonyl (C=O) groups excluding carboxylic acids is 1. The van der Waals surface area contributed by atoms with Gasteiger partial charge in [0.15, 0.2) is 5.13 Å². The fourth-order valence-corrected chi connectivity index (χ4v) is 4.09. The number of pyridine rings is 1. The molecule has 1 amide bonds. The monoisotopic (exact) mass is 400 g/mol. The molecule has 1 N–H and O–H groups in total. The molecule has 142 valence electrons. The first-order valence-electron chi connectivity index (χ1n) is 9.08. The molecule has 0 unspecified atom stereocenters. The summed E-state index contributed by atoms with van der Waals surface area (Å²) in [5.41, 5.74) is 4.01. The van der Waals surface area contributed by atoms with Crippen molar-refractivity contribution in [3.63, 3.8) is 0 Å². The molecule has 0 bridgehead atoms. The average molecular weight is 400 g/mol. The first kappa shape index (κ1) is 17.5. The standard InChI is InChI=1S/C22H16N4O2S/c1-12-9-17(19-13(2)26-28-21(19)23-12)20(27)25-22-24-18(11-29-22)16-8-7-14-5-3-4-6-15(14)10-16/h3-11H,1-2H3,(H,24,25,27). The fraction of sp³-hybridized carbons (Fsp3) is 0.0909. The van der Waals surface area contributed by atoms with Gasteiger partial charge in [-0.3, -0.25) is 10.1 Å². The van der Waals surface area contributed by atoms with Gasteiger partial charge in [-0.15, -0.1) is 11.3 Å². The number of amides is 1. The topological polar surface area (TPSA) is 80.9 Å². The van der Waals surface area contributed by atoms with E-state index in [0.717, 1.165) is 16.6 Å². The number of fused-ring (bicyclic) bond motifs is 2. The van der Waals surface area contributed by atoms with E-state index in [2.05, 4.69) is 44.7 Å². The van der Waals surface area contributed by atoms with E-state index in [1.165, 1.54) is 16.7 Å². The van der Waals surface area contributed by atoms with Crippen LogP contribution in [0.2, 0.25) is 0 Å². The lowest BCUT2D eigenvalue weighted by Crippen LogP contribution is -2.13. The summed E-state index contributed by atoms with van der Waals surface area (Å²) < 4.78 is 5.21. The Hall–Kier alpha value is -3.58. The Morgan fingerprint density at radius 1 is 1.03 bits per heavy atom. The lowest BCUT2D eigenvalue weighted by atomic mass is 10.1. The summed E-state index contributed by atoms with van der Waals surface area (Å²) >= 11 is 1.39. The predicted molar refractivity (Wildman–Crippen MR) is 114 cm³/mol. The van der Waals surface area contributed by atoms with Crippen LogP contribution in [0.4, 0.5) is 5.13 Å². The lowest BCUT2D eigenvalue weighted by Gasteiger charge is -2.04. The molecule has 5 aromatic rings. The molecule has 29 heavy (non-hydrogen) atoms. The normalized spacial score (nSPS) is 11.2. The highest BCUT2D eigenvalue weighted by molar-refractivity contribution is 7.14. The third kappa shape index (κ3) is 3.15. The van der Waals surface area contributed by atoms with Crippen molar-refractivity contribution in [3.05, 3.63) is 70.9 Å². The number of aromatic nitrogens is 3. The first-order chi connectivity index (χ1) is 14.1. The van der Waals surface area contributed by atoms with Gasteiger partial charge in [-0.25, -0.2) is 9.97 Å². The maximum Gasteiger partial charge on any atom is 0.258 e. The van der Waals surface area contributed by atoms with Crippen LogP contribution in [0.5, 0.6) is 0 Å². The molecule has 0 radical (unpaired) electrons. The number of aryl methyl sites for hydroxylation is 2. The van der Waals surface area contributed by atoms with Crippen LogP contribution >= 0.6 is 11.3 Å². The first-order valence-corrected chi connectivity index (χ1v) is 9.96. The largest absolute Gasteiger partial charge is 0.336 e. The van der Waals surface area contributed by atoms with Crippen LogP contribution in [-0.2, 0) is 0 Å². The molecule has 0 aliphatic carbocycles. The summed E-state index contributed by atoms with van der Waals surface area (Å²) in [5, 5.41) is 12.3. The minimum Gasteiger partial charge on any atom is -0.336 e. The minimum absolute atomic E-state index is 0.258. The summed E-state index contributed by atoms with van der Waals surface area (Å²) in [6.45, 7) is 3.61. The van der Waals surface area contributed by atoms with Crippen molar-refractivity contribution >= 4 is 44.2 Å². The maximum absolute atomic E-state index is 12.9. The van der Waals surface area contributed by atoms with E-state index in [4.69, 9.17) is 4.52 Å². The summed E-state index contributed by atoms with van der Waals surface area (Å²) in [5.74, 6) is -0.258. The Balaban J connectivity index is 1.45. The van der Waals surface area contributed by atoms with Gasteiger partial charge in [0.25, 0.3) is 11.6 Å². The number of nitrogens with one attached hydrogen (secondary N) is 1. The van der Waals surface area contributed by atoms with Crippen LogP contribution < -0.4 is 5.32 Å². The van der Waals surface area contributed by atoms with Crippen LogP contribution in [-0.4, -0.2) is 21.0 Å². The molecule has 6 nitrogen and oxygen atoms in total. The number of hydrogen-bond donors (Lipinski definition) is 1. The Labute approximate surface area is 170 Å². The SMILES string of the molecule is Cc1cc(C(=O)Nc2nc(-c3ccc4ccccc4c3)cs2)c2c(C)noc2n1. The van der Waals surface area contributed by atoms with Crippen molar-refractivity contribution in [1.82, 2.24) is 15.1 Å². The van der Waals surface area contributed by atoms with Crippen molar-refractivity contribution < 1.29 is 9.32 Å². The second kappa shape index (κ2) is 6.79. The van der Waals surface area contributed by atoms with Crippen molar-refractivity contribution in [3.8, 4) is 11.3 Å². The zero-order valence-electron chi connectivity index (χ0n) is 15.8. The molecule has 0 spiro atoms. The second-order valence-corrected chi connectivity index (χ2v) is 7.67. The van der Waals surface area contributed by atoms with Crippen LogP contribution in [0.1, 0.15) is 21.7 Å². The zero-order valence-corrected chi connectivity index (χ0v) is 16.6. The highest BCUT2D eigenvalue weighted by Crippen LogP contribution is 2.29. The highest BCUT2D eigenvalue weighted by Gasteiger charge is 2.19. The van der Waals surface area contributed by atoms with Crippen molar-refractivity contribution in [1.29, 1.82) is 0 Å². The zero-order chi connectivity index (χ0) is 20.0. The van der Waals surface area contributed by atoms with E-state index in [-0.39, 0.29) is 5.91 Å². The van der Waals surface area contributed by atoms with Gasteiger partial charge in [-0.05, 0) is 36.8 Å². The molecule has 0 aliphatic rings. The molecule has 0 fully saturated rings. The van der Waals surface area contributed by atoms with E-state index < -0.39 is 0 Å². The Bertz CT molecular complexity index is 1390.